The summed E-state index contributed by atoms with van der Waals surface area (Å²) < 4.78 is 0. The number of H-pyrrole nitrogens is 1. The Hall–Kier alpha value is -1.26. The van der Waals surface area contributed by atoms with Crippen molar-refractivity contribution in [2.75, 3.05) is 6.54 Å². The number of nitrogens with zero attached hydrogens (tertiary/aromatic N) is 1. The lowest BCUT2D eigenvalue weighted by molar-refractivity contribution is 0.334. The number of hydrogen-bond donors (Lipinski definition) is 2. The number of hydrogen-bond acceptors (Lipinski definition) is 2. The van der Waals surface area contributed by atoms with E-state index in [0.29, 0.717) is 0 Å². The van der Waals surface area contributed by atoms with Gasteiger partial charge < -0.3 is 10.3 Å². The fraction of sp³-hybridized carbons (Fsp3) is 0.409. The van der Waals surface area contributed by atoms with E-state index in [1.165, 1.54) is 44.1 Å². The van der Waals surface area contributed by atoms with Gasteiger partial charge >= 0.3 is 0 Å². The third-order valence-electron chi connectivity index (χ3n) is 5.55. The summed E-state index contributed by atoms with van der Waals surface area (Å²) in [6.45, 7) is 1.98. The molecule has 152 valence electrons. The van der Waals surface area contributed by atoms with Crippen LogP contribution in [0, 0.1) is 5.92 Å². The van der Waals surface area contributed by atoms with Crippen LogP contribution in [-0.4, -0.2) is 16.5 Å². The molecule has 3 aromatic rings. The van der Waals surface area contributed by atoms with Gasteiger partial charge in [-0.1, -0.05) is 61.9 Å². The lowest BCUT2D eigenvalue weighted by Crippen LogP contribution is -2.19. The fourth-order valence-corrected chi connectivity index (χ4v) is 4.33. The highest BCUT2D eigenvalue weighted by Gasteiger charge is 2.12. The monoisotopic (exact) mass is 439 g/mol. The van der Waals surface area contributed by atoms with E-state index < -0.39 is 0 Å². The number of imidazole rings is 1. The summed E-state index contributed by atoms with van der Waals surface area (Å²) >= 11 is 6.57. The van der Waals surface area contributed by atoms with Crippen LogP contribution in [0.15, 0.2) is 42.7 Å². The first-order valence-electron chi connectivity index (χ1n) is 9.72. The molecule has 0 amide bonds. The number of nitrogens with one attached hydrogen (secondary N) is 2. The zero-order valence-corrected chi connectivity index (χ0v) is 18.3. The molecule has 0 unspecified atom stereocenters. The highest BCUT2D eigenvalue weighted by molar-refractivity contribution is 6.33. The van der Waals surface area contributed by atoms with Crippen LogP contribution in [0.2, 0.25) is 5.02 Å². The van der Waals surface area contributed by atoms with Crippen molar-refractivity contribution in [3.8, 4) is 11.1 Å². The van der Waals surface area contributed by atoms with Gasteiger partial charge in [0.25, 0.3) is 0 Å². The van der Waals surface area contributed by atoms with Crippen LogP contribution in [0.5, 0.6) is 0 Å². The molecular formula is C22H28Cl3N3. The van der Waals surface area contributed by atoms with E-state index in [1.807, 2.05) is 6.07 Å². The van der Waals surface area contributed by atoms with Crippen molar-refractivity contribution >= 4 is 47.4 Å². The first-order chi connectivity index (χ1) is 12.8. The van der Waals surface area contributed by atoms with Gasteiger partial charge in [0.2, 0.25) is 0 Å². The molecule has 1 fully saturated rings. The van der Waals surface area contributed by atoms with Crippen LogP contribution in [-0.2, 0) is 6.54 Å². The molecule has 2 aromatic carbocycles. The quantitative estimate of drug-likeness (QED) is 0.414. The van der Waals surface area contributed by atoms with Crippen LogP contribution in [0.1, 0.15) is 44.1 Å². The zero-order chi connectivity index (χ0) is 17.8. The highest BCUT2D eigenvalue weighted by atomic mass is 35.5. The van der Waals surface area contributed by atoms with E-state index in [9.17, 15) is 0 Å². The van der Waals surface area contributed by atoms with Gasteiger partial charge in [-0.3, -0.25) is 0 Å². The number of rotatable bonds is 6. The number of aromatic amines is 1. The predicted molar refractivity (Wildman–Crippen MR) is 124 cm³/mol. The maximum Gasteiger partial charge on any atom is 0.0931 e. The largest absolute Gasteiger partial charge is 0.345 e. The average Bonchev–Trinajstić information content (AvgIpc) is 3.14. The van der Waals surface area contributed by atoms with Crippen molar-refractivity contribution in [2.45, 2.75) is 45.1 Å². The van der Waals surface area contributed by atoms with Crippen LogP contribution in [0.25, 0.3) is 22.2 Å². The van der Waals surface area contributed by atoms with E-state index in [4.69, 9.17) is 11.6 Å². The molecule has 4 rings (SSSR count). The Balaban J connectivity index is 0.00000140. The molecule has 0 radical (unpaired) electrons. The lowest BCUT2D eigenvalue weighted by Gasteiger charge is -2.21. The van der Waals surface area contributed by atoms with Gasteiger partial charge in [-0.15, -0.1) is 24.8 Å². The lowest BCUT2D eigenvalue weighted by atomic mass is 9.87. The molecule has 2 N–H and O–H groups in total. The third kappa shape index (κ3) is 5.64. The van der Waals surface area contributed by atoms with Crippen LogP contribution in [0.4, 0.5) is 0 Å². The van der Waals surface area contributed by atoms with Gasteiger partial charge in [-0.2, -0.15) is 0 Å². The molecule has 0 saturated heterocycles. The molecule has 1 aromatic heterocycles. The molecule has 1 aliphatic carbocycles. The Morgan fingerprint density at radius 2 is 1.86 bits per heavy atom. The molecule has 0 aliphatic heterocycles. The SMILES string of the molecule is Cl.Cl.Clc1cc(CNCCC2CCCCC2)ccc1-c1ccc2nc[nH]c2c1. The first kappa shape index (κ1) is 23.0. The number of fused-ring (bicyclic) bond motifs is 1. The first-order valence-corrected chi connectivity index (χ1v) is 10.1. The molecule has 28 heavy (non-hydrogen) atoms. The summed E-state index contributed by atoms with van der Waals surface area (Å²) in [4.78, 5) is 7.43. The highest BCUT2D eigenvalue weighted by Crippen LogP contribution is 2.30. The molecular weight excluding hydrogens is 413 g/mol. The summed E-state index contributed by atoms with van der Waals surface area (Å²) in [7, 11) is 0. The maximum atomic E-state index is 6.57. The van der Waals surface area contributed by atoms with Crippen molar-refractivity contribution in [1.82, 2.24) is 15.3 Å². The molecule has 0 bridgehead atoms. The van der Waals surface area contributed by atoms with Crippen molar-refractivity contribution < 1.29 is 0 Å². The van der Waals surface area contributed by atoms with Gasteiger partial charge in [0.15, 0.2) is 0 Å². The van der Waals surface area contributed by atoms with Crippen molar-refractivity contribution in [3.63, 3.8) is 0 Å². The normalized spacial score (nSPS) is 14.5. The second kappa shape index (κ2) is 11.1. The summed E-state index contributed by atoms with van der Waals surface area (Å²) in [6.07, 6.45) is 10.1. The number of halogens is 3. The van der Waals surface area contributed by atoms with Crippen molar-refractivity contribution in [3.05, 3.63) is 53.3 Å². The summed E-state index contributed by atoms with van der Waals surface area (Å²) in [5.74, 6) is 0.930. The minimum atomic E-state index is 0. The van der Waals surface area contributed by atoms with Gasteiger partial charge in [0.1, 0.15) is 0 Å². The second-order valence-electron chi connectivity index (χ2n) is 7.42. The van der Waals surface area contributed by atoms with Crippen LogP contribution >= 0.6 is 36.4 Å². The van der Waals surface area contributed by atoms with E-state index >= 15 is 0 Å². The molecule has 6 heteroatoms. The molecule has 3 nitrogen and oxygen atoms in total. The average molecular weight is 441 g/mol. The van der Waals surface area contributed by atoms with E-state index in [0.717, 1.165) is 46.2 Å². The molecule has 1 heterocycles. The minimum Gasteiger partial charge on any atom is -0.345 e. The van der Waals surface area contributed by atoms with Gasteiger partial charge in [-0.25, -0.2) is 4.98 Å². The summed E-state index contributed by atoms with van der Waals surface area (Å²) in [5, 5.41) is 4.39. The van der Waals surface area contributed by atoms with Gasteiger partial charge in [0.05, 0.1) is 17.4 Å². The Kier molecular flexibility index (Phi) is 9.10. The minimum absolute atomic E-state index is 0. The second-order valence-corrected chi connectivity index (χ2v) is 7.83. The summed E-state index contributed by atoms with van der Waals surface area (Å²) in [6, 6.07) is 12.6. The van der Waals surface area contributed by atoms with Crippen molar-refractivity contribution in [2.24, 2.45) is 5.92 Å². The molecule has 1 saturated carbocycles. The number of benzene rings is 2. The van der Waals surface area contributed by atoms with Gasteiger partial charge in [-0.05, 0) is 48.2 Å². The van der Waals surface area contributed by atoms with Crippen molar-refractivity contribution in [1.29, 1.82) is 0 Å². The Bertz CT molecular complexity index is 872. The third-order valence-corrected chi connectivity index (χ3v) is 5.86. The smallest absolute Gasteiger partial charge is 0.0931 e. The molecule has 0 atom stereocenters. The molecule has 0 spiro atoms. The Labute approximate surface area is 184 Å². The van der Waals surface area contributed by atoms with Crippen LogP contribution < -0.4 is 5.32 Å². The van der Waals surface area contributed by atoms with Crippen LogP contribution in [0.3, 0.4) is 0 Å². The standard InChI is InChI=1S/C22H26ClN3.2ClH/c23-20-12-17(14-24-11-10-16-4-2-1-3-5-16)6-8-19(20)18-7-9-21-22(13-18)26-15-25-21;;/h6-9,12-13,15-16,24H,1-5,10-11,14H2,(H,25,26);2*1H. The fourth-order valence-electron chi connectivity index (χ4n) is 4.02. The van der Waals surface area contributed by atoms with E-state index in [1.54, 1.807) is 6.33 Å². The van der Waals surface area contributed by atoms with E-state index in [2.05, 4.69) is 45.6 Å². The van der Waals surface area contributed by atoms with Gasteiger partial charge in [0, 0.05) is 17.1 Å². The summed E-state index contributed by atoms with van der Waals surface area (Å²) in [5.41, 5.74) is 5.43. The number of aromatic nitrogens is 2. The predicted octanol–water partition coefficient (Wildman–Crippen LogP) is 6.79. The Morgan fingerprint density at radius 1 is 1.04 bits per heavy atom. The molecule has 1 aliphatic rings. The Morgan fingerprint density at radius 3 is 2.64 bits per heavy atom. The maximum absolute atomic E-state index is 6.57. The topological polar surface area (TPSA) is 40.7 Å². The van der Waals surface area contributed by atoms with E-state index in [-0.39, 0.29) is 24.8 Å². The zero-order valence-electron chi connectivity index (χ0n) is 15.9.